The summed E-state index contributed by atoms with van der Waals surface area (Å²) < 4.78 is 5.09. The minimum atomic E-state index is -1.22. The Bertz CT molecular complexity index is 646. The predicted octanol–water partition coefficient (Wildman–Crippen LogP) is -0.0744. The van der Waals surface area contributed by atoms with Crippen LogP contribution in [0.2, 0.25) is 0 Å². The summed E-state index contributed by atoms with van der Waals surface area (Å²) in [6.07, 6.45) is 0. The molecule has 1 unspecified atom stereocenters. The lowest BCUT2D eigenvalue weighted by molar-refractivity contribution is -0.135. The van der Waals surface area contributed by atoms with Gasteiger partial charge in [-0.1, -0.05) is 12.1 Å². The molecule has 24 heavy (non-hydrogen) atoms. The van der Waals surface area contributed by atoms with E-state index >= 15 is 0 Å². The fourth-order valence-corrected chi connectivity index (χ4v) is 2.48. The molecule has 1 heterocycles. The molecule has 130 valence electrons. The van der Waals surface area contributed by atoms with Crippen LogP contribution in [0, 0.1) is 0 Å². The third-order valence-electron chi connectivity index (χ3n) is 4.00. The highest BCUT2D eigenvalue weighted by Gasteiger charge is 2.49. The van der Waals surface area contributed by atoms with Gasteiger partial charge in [0, 0.05) is 12.6 Å². The Labute approximate surface area is 140 Å². The molecule has 0 aliphatic carbocycles. The second kappa shape index (κ2) is 6.88. The van der Waals surface area contributed by atoms with Gasteiger partial charge in [0.05, 0.1) is 7.11 Å². The third kappa shape index (κ3) is 3.33. The van der Waals surface area contributed by atoms with E-state index in [4.69, 9.17) is 10.5 Å². The molecule has 0 bridgehead atoms. The third-order valence-corrected chi connectivity index (χ3v) is 4.00. The number of amides is 4. The number of nitrogens with one attached hydrogen (secondary N) is 2. The van der Waals surface area contributed by atoms with E-state index < -0.39 is 23.4 Å². The number of hydrogen-bond acceptors (Lipinski definition) is 5. The number of carbonyl (C=O) groups is 3. The average molecular weight is 334 g/mol. The number of benzene rings is 1. The molecule has 2 atom stereocenters. The predicted molar refractivity (Wildman–Crippen MR) is 87.2 cm³/mol. The van der Waals surface area contributed by atoms with Gasteiger partial charge in [0.2, 0.25) is 5.91 Å². The quantitative estimate of drug-likeness (QED) is 0.630. The van der Waals surface area contributed by atoms with Crippen LogP contribution in [0.5, 0.6) is 5.75 Å². The number of rotatable bonds is 6. The molecule has 8 nitrogen and oxygen atoms in total. The minimum Gasteiger partial charge on any atom is -0.497 e. The lowest BCUT2D eigenvalue weighted by Crippen LogP contribution is -2.46. The smallest absolute Gasteiger partial charge is 0.325 e. The number of nitrogens with two attached hydrogens (primary N) is 1. The summed E-state index contributed by atoms with van der Waals surface area (Å²) in [6.45, 7) is 3.27. The summed E-state index contributed by atoms with van der Waals surface area (Å²) in [7, 11) is 1.54. The van der Waals surface area contributed by atoms with Crippen molar-refractivity contribution in [3.05, 3.63) is 29.8 Å². The van der Waals surface area contributed by atoms with Crippen molar-refractivity contribution < 1.29 is 19.1 Å². The number of carbonyl (C=O) groups excluding carboxylic acids is 3. The van der Waals surface area contributed by atoms with Gasteiger partial charge < -0.3 is 21.1 Å². The van der Waals surface area contributed by atoms with Crippen molar-refractivity contribution in [3.63, 3.8) is 0 Å². The van der Waals surface area contributed by atoms with E-state index in [9.17, 15) is 14.4 Å². The molecule has 4 N–H and O–H groups in total. The van der Waals surface area contributed by atoms with Gasteiger partial charge in [-0.05, 0) is 31.5 Å². The van der Waals surface area contributed by atoms with Gasteiger partial charge in [-0.2, -0.15) is 0 Å². The van der Waals surface area contributed by atoms with Crippen LogP contribution >= 0.6 is 0 Å². The van der Waals surface area contributed by atoms with Gasteiger partial charge in [0.25, 0.3) is 5.91 Å². The Morgan fingerprint density at radius 2 is 2.00 bits per heavy atom. The van der Waals surface area contributed by atoms with Gasteiger partial charge in [0.15, 0.2) is 0 Å². The second-order valence-electron chi connectivity index (χ2n) is 5.88. The van der Waals surface area contributed by atoms with Crippen molar-refractivity contribution in [2.75, 3.05) is 20.2 Å². The largest absolute Gasteiger partial charge is 0.497 e. The van der Waals surface area contributed by atoms with Crippen LogP contribution in [0.4, 0.5) is 4.79 Å². The molecule has 2 rings (SSSR count). The topological polar surface area (TPSA) is 114 Å². The molecule has 1 saturated heterocycles. The molecular weight excluding hydrogens is 312 g/mol. The number of nitrogens with zero attached hydrogens (tertiary/aromatic N) is 1. The summed E-state index contributed by atoms with van der Waals surface area (Å²) in [4.78, 5) is 37.7. The summed E-state index contributed by atoms with van der Waals surface area (Å²) in [5, 5.41) is 5.27. The van der Waals surface area contributed by atoms with Gasteiger partial charge in [-0.3, -0.25) is 14.5 Å². The minimum absolute atomic E-state index is 0.230. The Kier molecular flexibility index (Phi) is 5.08. The molecule has 0 saturated carbocycles. The van der Waals surface area contributed by atoms with Crippen LogP contribution < -0.4 is 21.1 Å². The van der Waals surface area contributed by atoms with Crippen molar-refractivity contribution in [1.29, 1.82) is 0 Å². The summed E-state index contributed by atoms with van der Waals surface area (Å²) in [5.41, 5.74) is 4.83. The summed E-state index contributed by atoms with van der Waals surface area (Å²) in [5.74, 6) is -0.269. The molecule has 1 aromatic carbocycles. The monoisotopic (exact) mass is 334 g/mol. The van der Waals surface area contributed by atoms with E-state index in [1.165, 1.54) is 0 Å². The van der Waals surface area contributed by atoms with E-state index in [0.717, 1.165) is 4.90 Å². The van der Waals surface area contributed by atoms with Crippen molar-refractivity contribution in [3.8, 4) is 5.75 Å². The molecular formula is C16H22N4O4. The molecule has 8 heteroatoms. The van der Waals surface area contributed by atoms with E-state index in [-0.39, 0.29) is 19.1 Å². The van der Waals surface area contributed by atoms with E-state index in [0.29, 0.717) is 11.3 Å². The zero-order valence-electron chi connectivity index (χ0n) is 14.0. The number of ether oxygens (including phenoxy) is 1. The molecule has 4 amide bonds. The first-order chi connectivity index (χ1) is 11.3. The second-order valence-corrected chi connectivity index (χ2v) is 5.88. The Balaban J connectivity index is 2.16. The number of hydrogen-bond donors (Lipinski definition) is 3. The summed E-state index contributed by atoms with van der Waals surface area (Å²) in [6, 6.07) is 5.99. The molecule has 1 aromatic rings. The zero-order chi connectivity index (χ0) is 17.9. The van der Waals surface area contributed by atoms with Crippen LogP contribution in [0.1, 0.15) is 19.4 Å². The van der Waals surface area contributed by atoms with Gasteiger partial charge in [-0.25, -0.2) is 4.79 Å². The lowest BCUT2D eigenvalue weighted by atomic mass is 9.92. The first kappa shape index (κ1) is 17.7. The highest BCUT2D eigenvalue weighted by Crippen LogP contribution is 2.29. The molecule has 0 spiro atoms. The Hall–Kier alpha value is -2.61. The van der Waals surface area contributed by atoms with Crippen molar-refractivity contribution in [1.82, 2.24) is 15.5 Å². The first-order valence-corrected chi connectivity index (χ1v) is 7.60. The SMILES string of the molecule is COc1ccc(C2(C)NC(=O)N(CC(=O)N[C@@H](C)CN)C2=O)cc1. The zero-order valence-corrected chi connectivity index (χ0v) is 14.0. The number of imide groups is 1. The van der Waals surface area contributed by atoms with Crippen LogP contribution in [0.15, 0.2) is 24.3 Å². The number of methoxy groups -OCH3 is 1. The van der Waals surface area contributed by atoms with Crippen molar-refractivity contribution in [2.45, 2.75) is 25.4 Å². The lowest BCUT2D eigenvalue weighted by Gasteiger charge is -2.22. The van der Waals surface area contributed by atoms with Crippen molar-refractivity contribution >= 4 is 17.8 Å². The van der Waals surface area contributed by atoms with E-state index in [1.807, 2.05) is 0 Å². The molecule has 0 radical (unpaired) electrons. The maximum atomic E-state index is 12.7. The molecule has 0 aromatic heterocycles. The highest BCUT2D eigenvalue weighted by atomic mass is 16.5. The van der Waals surface area contributed by atoms with Gasteiger partial charge in [-0.15, -0.1) is 0 Å². The highest BCUT2D eigenvalue weighted by molar-refractivity contribution is 6.09. The molecule has 1 aliphatic rings. The average Bonchev–Trinajstić information content (AvgIpc) is 2.79. The molecule has 1 aliphatic heterocycles. The maximum Gasteiger partial charge on any atom is 0.325 e. The van der Waals surface area contributed by atoms with Crippen LogP contribution in [0.25, 0.3) is 0 Å². The Morgan fingerprint density at radius 1 is 1.38 bits per heavy atom. The maximum absolute atomic E-state index is 12.7. The summed E-state index contributed by atoms with van der Waals surface area (Å²) >= 11 is 0. The normalized spacial score (nSPS) is 21.4. The number of urea groups is 1. The fraction of sp³-hybridized carbons (Fsp3) is 0.438. The van der Waals surface area contributed by atoms with E-state index in [1.54, 1.807) is 45.2 Å². The molecule has 1 fully saturated rings. The van der Waals surface area contributed by atoms with Crippen LogP contribution in [0.3, 0.4) is 0 Å². The Morgan fingerprint density at radius 3 is 2.54 bits per heavy atom. The fourth-order valence-electron chi connectivity index (χ4n) is 2.48. The van der Waals surface area contributed by atoms with Crippen molar-refractivity contribution in [2.24, 2.45) is 5.73 Å². The standard InChI is InChI=1S/C16H22N4O4/c1-10(8-17)18-13(21)9-20-14(22)16(2,19-15(20)23)11-4-6-12(24-3)7-5-11/h4-7,10H,8-9,17H2,1-3H3,(H,18,21)(H,19,23)/t10-,16?/m0/s1. The van der Waals surface area contributed by atoms with Gasteiger partial charge in [0.1, 0.15) is 17.8 Å². The first-order valence-electron chi connectivity index (χ1n) is 7.60. The van der Waals surface area contributed by atoms with Crippen LogP contribution in [-0.4, -0.2) is 49.0 Å². The van der Waals surface area contributed by atoms with E-state index in [2.05, 4.69) is 10.6 Å². The van der Waals surface area contributed by atoms with Gasteiger partial charge >= 0.3 is 6.03 Å². The van der Waals surface area contributed by atoms with Crippen LogP contribution in [-0.2, 0) is 15.1 Å².